The van der Waals surface area contributed by atoms with E-state index in [1.807, 2.05) is 6.92 Å². The maximum Gasteiger partial charge on any atom is 0.352 e. The van der Waals surface area contributed by atoms with E-state index >= 15 is 0 Å². The first-order chi connectivity index (χ1) is 15.9. The Morgan fingerprint density at radius 3 is 2.59 bits per heavy atom. The molecule has 1 aromatic rings. The number of hydrogen-bond donors (Lipinski definition) is 5. The zero-order chi connectivity index (χ0) is 24.9. The van der Waals surface area contributed by atoms with E-state index in [0.29, 0.717) is 18.7 Å². The van der Waals surface area contributed by atoms with Crippen molar-refractivity contribution in [3.63, 3.8) is 0 Å². The van der Waals surface area contributed by atoms with E-state index in [1.165, 1.54) is 35.7 Å². The zero-order valence-electron chi connectivity index (χ0n) is 18.9. The van der Waals surface area contributed by atoms with Crippen molar-refractivity contribution in [2.75, 3.05) is 11.9 Å². The second kappa shape index (κ2) is 8.71. The second-order valence-corrected chi connectivity index (χ2v) is 11.0. The predicted molar refractivity (Wildman–Crippen MR) is 124 cm³/mol. The smallest absolute Gasteiger partial charge is 0.352 e. The number of nitrogens with zero attached hydrogens (tertiary/aromatic N) is 1. The average Bonchev–Trinajstić information content (AvgIpc) is 3.30. The molecule has 0 radical (unpaired) electrons. The number of aliphatic carboxylic acids is 1. The number of aryl methyl sites for hydroxylation is 1. The Kier molecular flexibility index (Phi) is 6.21. The molecule has 182 valence electrons. The number of benzene rings is 1. The van der Waals surface area contributed by atoms with Crippen molar-refractivity contribution in [2.45, 2.75) is 55.4 Å². The van der Waals surface area contributed by atoms with Crippen molar-refractivity contribution < 1.29 is 34.5 Å². The van der Waals surface area contributed by atoms with Crippen LogP contribution in [0.25, 0.3) is 0 Å². The Morgan fingerprint density at radius 2 is 1.97 bits per heavy atom. The molecule has 1 aromatic carbocycles. The van der Waals surface area contributed by atoms with Gasteiger partial charge in [-0.15, -0.1) is 11.8 Å². The fourth-order valence-corrected chi connectivity index (χ4v) is 6.78. The van der Waals surface area contributed by atoms with Crippen LogP contribution in [-0.4, -0.2) is 78.7 Å². The summed E-state index contributed by atoms with van der Waals surface area (Å²) < 4.78 is -0.729. The number of carbonyl (C=O) groups is 4. The van der Waals surface area contributed by atoms with Gasteiger partial charge in [-0.3, -0.25) is 9.59 Å². The number of hydrogen-bond acceptors (Lipinski definition) is 7. The van der Waals surface area contributed by atoms with E-state index in [9.17, 15) is 34.5 Å². The number of carboxylic acids is 2. The van der Waals surface area contributed by atoms with E-state index in [0.717, 1.165) is 5.56 Å². The first-order valence-electron chi connectivity index (χ1n) is 11.0. The summed E-state index contributed by atoms with van der Waals surface area (Å²) in [6, 6.07) is 3.56. The highest BCUT2D eigenvalue weighted by atomic mass is 32.2. The lowest BCUT2D eigenvalue weighted by molar-refractivity contribution is -0.162. The van der Waals surface area contributed by atoms with E-state index in [1.54, 1.807) is 19.1 Å². The van der Waals surface area contributed by atoms with Crippen molar-refractivity contribution >= 4 is 41.2 Å². The monoisotopic (exact) mass is 489 g/mol. The molecular formula is C23H27N3O7S. The minimum absolute atomic E-state index is 0.0382. The summed E-state index contributed by atoms with van der Waals surface area (Å²) in [5, 5.41) is 34.8. The average molecular weight is 490 g/mol. The van der Waals surface area contributed by atoms with Crippen LogP contribution >= 0.6 is 11.8 Å². The van der Waals surface area contributed by atoms with E-state index in [4.69, 9.17) is 0 Å². The van der Waals surface area contributed by atoms with Crippen LogP contribution in [-0.2, 0) is 14.4 Å². The molecule has 3 aliphatic heterocycles. The minimum Gasteiger partial charge on any atom is -0.478 e. The molecule has 34 heavy (non-hydrogen) atoms. The van der Waals surface area contributed by atoms with Gasteiger partial charge in [0.25, 0.3) is 0 Å². The molecular weight excluding hydrogens is 462 g/mol. The van der Waals surface area contributed by atoms with E-state index in [-0.39, 0.29) is 22.4 Å². The van der Waals surface area contributed by atoms with Gasteiger partial charge in [0.1, 0.15) is 5.70 Å². The number of aliphatic hydroxyl groups excluding tert-OH is 1. The molecule has 2 amide bonds. The van der Waals surface area contributed by atoms with Crippen molar-refractivity contribution in [1.82, 2.24) is 10.2 Å². The predicted octanol–water partition coefficient (Wildman–Crippen LogP) is 1.04. The van der Waals surface area contributed by atoms with Crippen molar-refractivity contribution in [3.05, 3.63) is 41.1 Å². The van der Waals surface area contributed by atoms with Gasteiger partial charge >= 0.3 is 11.9 Å². The molecule has 11 heteroatoms. The van der Waals surface area contributed by atoms with Gasteiger partial charge in [-0.1, -0.05) is 6.07 Å². The van der Waals surface area contributed by atoms with Crippen LogP contribution in [0.2, 0.25) is 0 Å². The number of anilines is 1. The number of thioether (sulfide) groups is 1. The third kappa shape index (κ3) is 4.08. The number of carbonyl (C=O) groups excluding carboxylic acids is 2. The number of nitrogens with one attached hydrogen (secondary N) is 2. The zero-order valence-corrected chi connectivity index (χ0v) is 19.8. The molecule has 4 rings (SSSR count). The van der Waals surface area contributed by atoms with Crippen LogP contribution in [0.1, 0.15) is 36.2 Å². The Morgan fingerprint density at radius 1 is 1.26 bits per heavy atom. The molecule has 2 fully saturated rings. The number of aliphatic hydroxyl groups is 1. The summed E-state index contributed by atoms with van der Waals surface area (Å²) in [5.41, 5.74) is 1.18. The number of amides is 2. The Balaban J connectivity index is 1.45. The fourth-order valence-electron chi connectivity index (χ4n) is 5.02. The van der Waals surface area contributed by atoms with Crippen LogP contribution in [0.15, 0.2) is 30.0 Å². The highest BCUT2D eigenvalue weighted by molar-refractivity contribution is 8.01. The van der Waals surface area contributed by atoms with Crippen molar-refractivity contribution in [1.29, 1.82) is 0 Å². The van der Waals surface area contributed by atoms with Gasteiger partial charge < -0.3 is 30.9 Å². The van der Waals surface area contributed by atoms with Crippen LogP contribution < -0.4 is 10.6 Å². The highest BCUT2D eigenvalue weighted by Gasteiger charge is 2.63. The lowest BCUT2D eigenvalue weighted by Crippen LogP contribution is -2.67. The summed E-state index contributed by atoms with van der Waals surface area (Å²) in [5.74, 6) is -3.62. The molecule has 5 N–H and O–H groups in total. The van der Waals surface area contributed by atoms with Crippen LogP contribution in [0.5, 0.6) is 0 Å². The van der Waals surface area contributed by atoms with Crippen LogP contribution in [0, 0.1) is 12.8 Å². The molecule has 0 aromatic heterocycles. The summed E-state index contributed by atoms with van der Waals surface area (Å²) >= 11 is 1.50. The third-order valence-corrected chi connectivity index (χ3v) is 8.28. The summed E-state index contributed by atoms with van der Waals surface area (Å²) in [7, 11) is 0. The molecule has 10 nitrogen and oxygen atoms in total. The van der Waals surface area contributed by atoms with E-state index < -0.39 is 46.7 Å². The van der Waals surface area contributed by atoms with Gasteiger partial charge in [0.05, 0.1) is 34.4 Å². The standard InChI is InChI=1S/C23H27N3O7S/c1-10-4-5-12(21(30)31)6-14(10)25-19(28)15-7-13(9-24-15)34-23(3)8-16(22(32)33)26-18(23)17(11(2)27)20(26)29/h4-6,8,11,13,15,17-18,24,27H,7,9H2,1-3H3,(H,25,28)(H,30,31)(H,32,33)/t11?,13?,15?,17?,18-,23?/m0/s1. The quantitative estimate of drug-likeness (QED) is 0.353. The summed E-state index contributed by atoms with van der Waals surface area (Å²) in [6.07, 6.45) is 1.15. The molecule has 3 aliphatic rings. The molecule has 0 saturated carbocycles. The number of fused-ring (bicyclic) bond motifs is 1. The second-order valence-electron chi connectivity index (χ2n) is 9.20. The maximum atomic E-state index is 12.9. The number of rotatable bonds is 7. The largest absolute Gasteiger partial charge is 0.478 e. The SMILES string of the molecule is Cc1ccc(C(=O)O)cc1NC(=O)C1CC(SC2(C)C=C(C(=O)O)N3C(=O)C(C(C)O)[C@H]32)CN1. The maximum absolute atomic E-state index is 12.9. The lowest BCUT2D eigenvalue weighted by atomic mass is 9.78. The van der Waals surface area contributed by atoms with Crippen LogP contribution in [0.3, 0.4) is 0 Å². The summed E-state index contributed by atoms with van der Waals surface area (Å²) in [4.78, 5) is 49.6. The molecule has 0 aliphatic carbocycles. The van der Waals surface area contributed by atoms with Gasteiger partial charge in [0.15, 0.2) is 0 Å². The van der Waals surface area contributed by atoms with Crippen molar-refractivity contribution in [2.24, 2.45) is 5.92 Å². The number of carboxylic acid groups (broad SMARTS) is 2. The third-order valence-electron chi connectivity index (χ3n) is 6.72. The molecule has 6 atom stereocenters. The fraction of sp³-hybridized carbons (Fsp3) is 0.478. The normalized spacial score (nSPS) is 30.9. The van der Waals surface area contributed by atoms with Gasteiger partial charge in [0.2, 0.25) is 11.8 Å². The Bertz CT molecular complexity index is 1100. The molecule has 3 heterocycles. The molecule has 0 spiro atoms. The van der Waals surface area contributed by atoms with Crippen LogP contribution in [0.4, 0.5) is 5.69 Å². The number of aromatic carboxylic acids is 1. The lowest BCUT2D eigenvalue weighted by Gasteiger charge is -2.50. The summed E-state index contributed by atoms with van der Waals surface area (Å²) in [6.45, 7) is 5.67. The molecule has 5 unspecified atom stereocenters. The number of β-lactam (4-membered cyclic amide) rings is 1. The topological polar surface area (TPSA) is 156 Å². The van der Waals surface area contributed by atoms with Gasteiger partial charge in [0, 0.05) is 17.5 Å². The van der Waals surface area contributed by atoms with Crippen molar-refractivity contribution in [3.8, 4) is 0 Å². The van der Waals surface area contributed by atoms with E-state index in [2.05, 4.69) is 10.6 Å². The van der Waals surface area contributed by atoms with Gasteiger partial charge in [-0.2, -0.15) is 0 Å². The first-order valence-corrected chi connectivity index (χ1v) is 11.8. The van der Waals surface area contributed by atoms with Gasteiger partial charge in [-0.25, -0.2) is 9.59 Å². The molecule has 2 saturated heterocycles. The first kappa shape index (κ1) is 24.2. The van der Waals surface area contributed by atoms with Gasteiger partial charge in [-0.05, 0) is 51.0 Å². The Labute approximate surface area is 200 Å². The minimum atomic E-state index is -1.19. The molecule has 0 bridgehead atoms. The highest BCUT2D eigenvalue weighted by Crippen LogP contribution is 2.53. The Hall–Kier alpha value is -2.89.